The Balaban J connectivity index is 2.02. The molecule has 1 aromatic heterocycles. The van der Waals surface area contributed by atoms with Crippen molar-refractivity contribution < 1.29 is 14.7 Å². The van der Waals surface area contributed by atoms with Crippen LogP contribution in [0.25, 0.3) is 0 Å². The van der Waals surface area contributed by atoms with Crippen molar-refractivity contribution in [3.63, 3.8) is 0 Å². The van der Waals surface area contributed by atoms with E-state index in [1.807, 2.05) is 4.90 Å². The fourth-order valence-corrected chi connectivity index (χ4v) is 2.49. The largest absolute Gasteiger partial charge is 0.477 e. The molecule has 0 saturated carbocycles. The summed E-state index contributed by atoms with van der Waals surface area (Å²) in [5.74, 6) is -0.536. The molecule has 1 fully saturated rings. The van der Waals surface area contributed by atoms with Crippen LogP contribution >= 0.6 is 0 Å². The molecule has 0 bridgehead atoms. The van der Waals surface area contributed by atoms with Crippen molar-refractivity contribution in [3.8, 4) is 0 Å². The number of aromatic carboxylic acids is 1. The third kappa shape index (κ3) is 3.10. The molecule has 2 rings (SSSR count). The minimum atomic E-state index is -1.08. The molecule has 0 spiro atoms. The summed E-state index contributed by atoms with van der Waals surface area (Å²) in [7, 11) is 0. The Hall–Kier alpha value is -1.91. The lowest BCUT2D eigenvalue weighted by Crippen LogP contribution is -2.28. The fourth-order valence-electron chi connectivity index (χ4n) is 2.49. The van der Waals surface area contributed by atoms with E-state index in [-0.39, 0.29) is 11.6 Å². The van der Waals surface area contributed by atoms with Gasteiger partial charge in [0.1, 0.15) is 5.69 Å². The highest BCUT2D eigenvalue weighted by atomic mass is 16.4. The van der Waals surface area contributed by atoms with Gasteiger partial charge in [0.15, 0.2) is 0 Å². The van der Waals surface area contributed by atoms with Crippen LogP contribution in [-0.2, 0) is 0 Å². The molecule has 1 aromatic rings. The number of likely N-dealkylation sites (tertiary alicyclic amines) is 1. The zero-order chi connectivity index (χ0) is 13.8. The van der Waals surface area contributed by atoms with Gasteiger partial charge < -0.3 is 10.0 Å². The van der Waals surface area contributed by atoms with Gasteiger partial charge in [0.05, 0.1) is 5.56 Å². The number of hydrogen-bond acceptors (Lipinski definition) is 3. The van der Waals surface area contributed by atoms with E-state index in [4.69, 9.17) is 5.11 Å². The standard InChI is InChI=1S/C14H18N2O3/c1-2-3-10-6-7-16(9-10)13(17)11-4-5-12(14(18)19)15-8-11/h4-5,8,10H,2-3,6-7,9H2,1H3,(H,18,19). The van der Waals surface area contributed by atoms with Gasteiger partial charge in [0.2, 0.25) is 0 Å². The van der Waals surface area contributed by atoms with Crippen LogP contribution in [0.4, 0.5) is 0 Å². The van der Waals surface area contributed by atoms with Crippen LogP contribution in [0, 0.1) is 5.92 Å². The second-order valence-electron chi connectivity index (χ2n) is 4.93. The molecule has 19 heavy (non-hydrogen) atoms. The van der Waals surface area contributed by atoms with E-state index in [9.17, 15) is 9.59 Å². The molecular weight excluding hydrogens is 244 g/mol. The molecule has 1 unspecified atom stereocenters. The average Bonchev–Trinajstić information content (AvgIpc) is 2.87. The predicted octanol–water partition coefficient (Wildman–Crippen LogP) is 2.04. The zero-order valence-corrected chi connectivity index (χ0v) is 11.0. The number of pyridine rings is 1. The van der Waals surface area contributed by atoms with E-state index >= 15 is 0 Å². The van der Waals surface area contributed by atoms with Crippen molar-refractivity contribution in [2.45, 2.75) is 26.2 Å². The van der Waals surface area contributed by atoms with Crippen LogP contribution < -0.4 is 0 Å². The monoisotopic (exact) mass is 262 g/mol. The van der Waals surface area contributed by atoms with Gasteiger partial charge in [0, 0.05) is 19.3 Å². The van der Waals surface area contributed by atoms with Crippen LogP contribution in [-0.4, -0.2) is 40.0 Å². The molecular formula is C14H18N2O3. The molecule has 2 heterocycles. The summed E-state index contributed by atoms with van der Waals surface area (Å²) < 4.78 is 0. The van der Waals surface area contributed by atoms with Crippen LogP contribution in [0.2, 0.25) is 0 Å². The number of aromatic nitrogens is 1. The lowest BCUT2D eigenvalue weighted by Gasteiger charge is -2.16. The summed E-state index contributed by atoms with van der Waals surface area (Å²) in [6.45, 7) is 3.73. The maximum atomic E-state index is 12.2. The predicted molar refractivity (Wildman–Crippen MR) is 70.1 cm³/mol. The minimum absolute atomic E-state index is 0.0400. The molecule has 5 nitrogen and oxygen atoms in total. The average molecular weight is 262 g/mol. The summed E-state index contributed by atoms with van der Waals surface area (Å²) in [4.78, 5) is 28.5. The number of carbonyl (C=O) groups is 2. The second-order valence-corrected chi connectivity index (χ2v) is 4.93. The van der Waals surface area contributed by atoms with E-state index in [1.54, 1.807) is 0 Å². The Labute approximate surface area is 112 Å². The molecule has 1 aliphatic rings. The van der Waals surface area contributed by atoms with Crippen LogP contribution in [0.15, 0.2) is 18.3 Å². The van der Waals surface area contributed by atoms with Crippen molar-refractivity contribution >= 4 is 11.9 Å². The second kappa shape index (κ2) is 5.82. The minimum Gasteiger partial charge on any atom is -0.477 e. The van der Waals surface area contributed by atoms with Gasteiger partial charge in [-0.15, -0.1) is 0 Å². The fraction of sp³-hybridized carbons (Fsp3) is 0.500. The Kier molecular flexibility index (Phi) is 4.14. The number of nitrogens with zero attached hydrogens (tertiary/aromatic N) is 2. The first-order valence-electron chi connectivity index (χ1n) is 6.60. The summed E-state index contributed by atoms with van der Waals surface area (Å²) >= 11 is 0. The molecule has 1 amide bonds. The Bertz CT molecular complexity index is 470. The van der Waals surface area contributed by atoms with E-state index < -0.39 is 5.97 Å². The number of carboxylic acid groups (broad SMARTS) is 1. The third-order valence-corrected chi connectivity index (χ3v) is 3.50. The van der Waals surface area contributed by atoms with E-state index in [0.29, 0.717) is 11.5 Å². The highest BCUT2D eigenvalue weighted by molar-refractivity contribution is 5.95. The highest BCUT2D eigenvalue weighted by Crippen LogP contribution is 2.22. The van der Waals surface area contributed by atoms with Crippen molar-refractivity contribution in [2.75, 3.05) is 13.1 Å². The zero-order valence-electron chi connectivity index (χ0n) is 11.0. The van der Waals surface area contributed by atoms with Gasteiger partial charge in [0.25, 0.3) is 5.91 Å². The molecule has 0 aliphatic carbocycles. The van der Waals surface area contributed by atoms with Gasteiger partial charge in [-0.2, -0.15) is 0 Å². The SMILES string of the molecule is CCCC1CCN(C(=O)c2ccc(C(=O)O)nc2)C1. The maximum Gasteiger partial charge on any atom is 0.354 e. The summed E-state index contributed by atoms with van der Waals surface area (Å²) in [5.41, 5.74) is 0.420. The molecule has 0 radical (unpaired) electrons. The lowest BCUT2D eigenvalue weighted by molar-refractivity contribution is 0.0688. The lowest BCUT2D eigenvalue weighted by atomic mass is 10.0. The van der Waals surface area contributed by atoms with Gasteiger partial charge in [-0.05, 0) is 30.9 Å². The molecule has 5 heteroatoms. The Morgan fingerprint density at radius 2 is 2.26 bits per heavy atom. The van der Waals surface area contributed by atoms with Gasteiger partial charge in [-0.3, -0.25) is 4.79 Å². The first-order valence-corrected chi connectivity index (χ1v) is 6.60. The highest BCUT2D eigenvalue weighted by Gasteiger charge is 2.26. The molecule has 1 N–H and O–H groups in total. The molecule has 1 aliphatic heterocycles. The molecule has 1 saturated heterocycles. The Morgan fingerprint density at radius 1 is 1.47 bits per heavy atom. The smallest absolute Gasteiger partial charge is 0.354 e. The van der Waals surface area contributed by atoms with Crippen molar-refractivity contribution in [2.24, 2.45) is 5.92 Å². The molecule has 102 valence electrons. The van der Waals surface area contributed by atoms with E-state index in [2.05, 4.69) is 11.9 Å². The molecule has 1 atom stereocenters. The van der Waals surface area contributed by atoms with Crippen LogP contribution in [0.1, 0.15) is 47.0 Å². The topological polar surface area (TPSA) is 70.5 Å². The summed E-state index contributed by atoms with van der Waals surface area (Å²) in [6.07, 6.45) is 4.70. The van der Waals surface area contributed by atoms with E-state index in [0.717, 1.165) is 32.4 Å². The van der Waals surface area contributed by atoms with Crippen LogP contribution in [0.3, 0.4) is 0 Å². The van der Waals surface area contributed by atoms with E-state index in [1.165, 1.54) is 18.3 Å². The van der Waals surface area contributed by atoms with Crippen molar-refractivity contribution in [3.05, 3.63) is 29.6 Å². The number of carbonyl (C=O) groups excluding carboxylic acids is 1. The van der Waals surface area contributed by atoms with Crippen LogP contribution in [0.5, 0.6) is 0 Å². The first kappa shape index (κ1) is 13.5. The number of amides is 1. The van der Waals surface area contributed by atoms with Crippen molar-refractivity contribution in [1.82, 2.24) is 9.88 Å². The number of hydrogen-bond donors (Lipinski definition) is 1. The quantitative estimate of drug-likeness (QED) is 0.901. The van der Waals surface area contributed by atoms with Gasteiger partial charge in [-0.1, -0.05) is 13.3 Å². The summed E-state index contributed by atoms with van der Waals surface area (Å²) in [5, 5.41) is 8.76. The maximum absolute atomic E-state index is 12.2. The summed E-state index contributed by atoms with van der Waals surface area (Å²) in [6, 6.07) is 2.90. The Morgan fingerprint density at radius 3 is 2.84 bits per heavy atom. The van der Waals surface area contributed by atoms with Gasteiger partial charge >= 0.3 is 5.97 Å². The third-order valence-electron chi connectivity index (χ3n) is 3.50. The van der Waals surface area contributed by atoms with Crippen molar-refractivity contribution in [1.29, 1.82) is 0 Å². The normalized spacial score (nSPS) is 18.6. The molecule has 0 aromatic carbocycles. The van der Waals surface area contributed by atoms with Gasteiger partial charge in [-0.25, -0.2) is 9.78 Å². The first-order chi connectivity index (χ1) is 9.11. The number of carboxylic acids is 1. The number of rotatable bonds is 4.